The minimum absolute atomic E-state index is 0.00173. The van der Waals surface area contributed by atoms with E-state index in [1.54, 1.807) is 19.2 Å². The zero-order valence-electron chi connectivity index (χ0n) is 10.3. The second-order valence-corrected chi connectivity index (χ2v) is 4.08. The molecular weight excluding hydrogens is 218 g/mol. The van der Waals surface area contributed by atoms with Gasteiger partial charge in [-0.25, -0.2) is 0 Å². The van der Waals surface area contributed by atoms with E-state index in [0.29, 0.717) is 13.0 Å². The van der Waals surface area contributed by atoms with Crippen molar-refractivity contribution in [1.82, 2.24) is 5.32 Å². The lowest BCUT2D eigenvalue weighted by Crippen LogP contribution is -2.34. The molecule has 1 atom stereocenters. The Labute approximate surface area is 102 Å². The van der Waals surface area contributed by atoms with Crippen LogP contribution in [0.15, 0.2) is 24.3 Å². The van der Waals surface area contributed by atoms with Crippen LogP contribution >= 0.6 is 0 Å². The summed E-state index contributed by atoms with van der Waals surface area (Å²) in [5.74, 6) is 0.253. The fourth-order valence-corrected chi connectivity index (χ4v) is 1.58. The fourth-order valence-electron chi connectivity index (χ4n) is 1.58. The molecule has 1 amide bonds. The number of aromatic hydroxyl groups is 1. The zero-order chi connectivity index (χ0) is 12.7. The molecule has 0 radical (unpaired) electrons. The summed E-state index contributed by atoms with van der Waals surface area (Å²) in [7, 11) is 1.58. The highest BCUT2D eigenvalue weighted by Gasteiger charge is 2.07. The molecule has 0 fully saturated rings. The smallest absolute Gasteiger partial charge is 0.222 e. The number of benzene rings is 1. The Morgan fingerprint density at radius 2 is 2.06 bits per heavy atom. The van der Waals surface area contributed by atoms with Gasteiger partial charge in [-0.1, -0.05) is 12.1 Å². The van der Waals surface area contributed by atoms with E-state index in [0.717, 1.165) is 12.0 Å². The Morgan fingerprint density at radius 1 is 1.41 bits per heavy atom. The molecule has 0 unspecified atom stereocenters. The summed E-state index contributed by atoms with van der Waals surface area (Å²) < 4.78 is 4.84. The Bertz CT molecular complexity index is 348. The largest absolute Gasteiger partial charge is 0.508 e. The monoisotopic (exact) mass is 237 g/mol. The minimum Gasteiger partial charge on any atom is -0.508 e. The predicted molar refractivity (Wildman–Crippen MR) is 65.9 cm³/mol. The van der Waals surface area contributed by atoms with E-state index in [1.165, 1.54) is 0 Å². The normalized spacial score (nSPS) is 12.1. The van der Waals surface area contributed by atoms with Crippen molar-refractivity contribution in [3.05, 3.63) is 29.8 Å². The lowest BCUT2D eigenvalue weighted by molar-refractivity contribution is -0.122. The number of carbonyl (C=O) groups is 1. The second-order valence-electron chi connectivity index (χ2n) is 4.08. The molecule has 0 aromatic heterocycles. The van der Waals surface area contributed by atoms with Crippen LogP contribution < -0.4 is 5.32 Å². The molecule has 0 saturated carbocycles. The first-order valence-corrected chi connectivity index (χ1v) is 5.68. The maximum Gasteiger partial charge on any atom is 0.222 e. The number of carbonyl (C=O) groups excluding carboxylic acids is 1. The summed E-state index contributed by atoms with van der Waals surface area (Å²) in [6.45, 7) is 2.40. The predicted octanol–water partition coefficient (Wildman–Crippen LogP) is 1.48. The van der Waals surface area contributed by atoms with Gasteiger partial charge in [-0.05, 0) is 31.0 Å². The topological polar surface area (TPSA) is 58.6 Å². The Morgan fingerprint density at radius 3 is 2.65 bits per heavy atom. The van der Waals surface area contributed by atoms with Crippen LogP contribution in [0.5, 0.6) is 5.75 Å². The third kappa shape index (κ3) is 5.36. The summed E-state index contributed by atoms with van der Waals surface area (Å²) in [4.78, 5) is 11.4. The lowest BCUT2D eigenvalue weighted by atomic mass is 10.1. The molecule has 1 rings (SSSR count). The van der Waals surface area contributed by atoms with Gasteiger partial charge in [0.1, 0.15) is 5.75 Å². The minimum atomic E-state index is -0.00173. The van der Waals surface area contributed by atoms with Gasteiger partial charge in [-0.2, -0.15) is 0 Å². The summed E-state index contributed by atoms with van der Waals surface area (Å²) in [5, 5.41) is 12.0. The van der Waals surface area contributed by atoms with Crippen LogP contribution in [0.4, 0.5) is 0 Å². The van der Waals surface area contributed by atoms with Gasteiger partial charge in [0.05, 0.1) is 6.61 Å². The van der Waals surface area contributed by atoms with Gasteiger partial charge in [0, 0.05) is 19.6 Å². The standard InChI is InChI=1S/C13H19NO3/c1-10(14-13(16)7-8-17-2)9-11-3-5-12(15)6-4-11/h3-6,10,15H,7-9H2,1-2H3,(H,14,16)/t10-/m0/s1. The number of nitrogens with one attached hydrogen (secondary N) is 1. The third-order valence-corrected chi connectivity index (χ3v) is 2.42. The molecular formula is C13H19NO3. The summed E-state index contributed by atoms with van der Waals surface area (Å²) in [6, 6.07) is 7.08. The van der Waals surface area contributed by atoms with Crippen LogP contribution in [0.2, 0.25) is 0 Å². The van der Waals surface area contributed by atoms with Crippen LogP contribution in [0.3, 0.4) is 0 Å². The highest BCUT2D eigenvalue weighted by atomic mass is 16.5. The molecule has 1 aromatic carbocycles. The van der Waals surface area contributed by atoms with Crippen molar-refractivity contribution in [2.45, 2.75) is 25.8 Å². The molecule has 0 heterocycles. The van der Waals surface area contributed by atoms with Crippen molar-refractivity contribution in [2.24, 2.45) is 0 Å². The molecule has 4 heteroatoms. The van der Waals surface area contributed by atoms with E-state index in [-0.39, 0.29) is 17.7 Å². The van der Waals surface area contributed by atoms with Crippen molar-refractivity contribution >= 4 is 5.91 Å². The second kappa shape index (κ2) is 6.91. The zero-order valence-corrected chi connectivity index (χ0v) is 10.3. The van der Waals surface area contributed by atoms with Crippen LogP contribution in [-0.4, -0.2) is 30.8 Å². The summed E-state index contributed by atoms with van der Waals surface area (Å²) in [6.07, 6.45) is 1.13. The van der Waals surface area contributed by atoms with Gasteiger partial charge in [-0.3, -0.25) is 4.79 Å². The molecule has 1 aromatic rings. The van der Waals surface area contributed by atoms with Crippen molar-refractivity contribution in [3.63, 3.8) is 0 Å². The number of hydrogen-bond acceptors (Lipinski definition) is 3. The van der Waals surface area contributed by atoms with Crippen LogP contribution in [-0.2, 0) is 16.0 Å². The molecule has 0 spiro atoms. The first kappa shape index (κ1) is 13.5. The summed E-state index contributed by atoms with van der Waals surface area (Å²) >= 11 is 0. The molecule has 0 bridgehead atoms. The maximum absolute atomic E-state index is 11.4. The van der Waals surface area contributed by atoms with Crippen molar-refractivity contribution in [3.8, 4) is 5.75 Å². The molecule has 0 saturated heterocycles. The number of hydrogen-bond donors (Lipinski definition) is 2. The van der Waals surface area contributed by atoms with Gasteiger partial charge in [-0.15, -0.1) is 0 Å². The van der Waals surface area contributed by atoms with E-state index >= 15 is 0 Å². The summed E-state index contributed by atoms with van der Waals surface area (Å²) in [5.41, 5.74) is 1.09. The quantitative estimate of drug-likeness (QED) is 0.787. The van der Waals surface area contributed by atoms with E-state index in [4.69, 9.17) is 9.84 Å². The molecule has 0 aliphatic rings. The number of ether oxygens (including phenoxy) is 1. The molecule has 17 heavy (non-hydrogen) atoms. The van der Waals surface area contributed by atoms with E-state index in [2.05, 4.69) is 5.32 Å². The van der Waals surface area contributed by atoms with Crippen molar-refractivity contribution < 1.29 is 14.6 Å². The number of amides is 1. The average Bonchev–Trinajstić information content (AvgIpc) is 2.29. The third-order valence-electron chi connectivity index (χ3n) is 2.42. The number of phenolic OH excluding ortho intramolecular Hbond substituents is 1. The number of methoxy groups -OCH3 is 1. The van der Waals surface area contributed by atoms with Gasteiger partial charge in [0.2, 0.25) is 5.91 Å². The van der Waals surface area contributed by atoms with Crippen LogP contribution in [0.25, 0.3) is 0 Å². The van der Waals surface area contributed by atoms with Gasteiger partial charge in [0.25, 0.3) is 0 Å². The molecule has 0 aliphatic heterocycles. The van der Waals surface area contributed by atoms with Crippen LogP contribution in [0, 0.1) is 0 Å². The van der Waals surface area contributed by atoms with Crippen molar-refractivity contribution in [2.75, 3.05) is 13.7 Å². The first-order chi connectivity index (χ1) is 8.11. The SMILES string of the molecule is COCCC(=O)N[C@@H](C)Cc1ccc(O)cc1. The number of rotatable bonds is 6. The van der Waals surface area contributed by atoms with Crippen molar-refractivity contribution in [1.29, 1.82) is 0 Å². The highest BCUT2D eigenvalue weighted by molar-refractivity contribution is 5.76. The first-order valence-electron chi connectivity index (χ1n) is 5.68. The molecule has 0 aliphatic carbocycles. The van der Waals surface area contributed by atoms with Gasteiger partial charge >= 0.3 is 0 Å². The molecule has 2 N–H and O–H groups in total. The Hall–Kier alpha value is -1.55. The lowest BCUT2D eigenvalue weighted by Gasteiger charge is -2.13. The van der Waals surface area contributed by atoms with Gasteiger partial charge < -0.3 is 15.2 Å². The van der Waals surface area contributed by atoms with E-state index in [1.807, 2.05) is 19.1 Å². The van der Waals surface area contributed by atoms with Crippen LogP contribution in [0.1, 0.15) is 18.9 Å². The maximum atomic E-state index is 11.4. The van der Waals surface area contributed by atoms with E-state index < -0.39 is 0 Å². The average molecular weight is 237 g/mol. The molecule has 4 nitrogen and oxygen atoms in total. The highest BCUT2D eigenvalue weighted by Crippen LogP contribution is 2.11. The van der Waals surface area contributed by atoms with E-state index in [9.17, 15) is 4.79 Å². The Balaban J connectivity index is 2.36. The molecule has 94 valence electrons. The van der Waals surface area contributed by atoms with Gasteiger partial charge in [0.15, 0.2) is 0 Å². The Kier molecular flexibility index (Phi) is 5.49. The number of phenols is 1. The fraction of sp³-hybridized carbons (Fsp3) is 0.462.